The molecule has 1 aromatic carbocycles. The number of rotatable bonds is 7. The average molecular weight is 383 g/mol. The number of nitrogens with one attached hydrogen (secondary N) is 1. The molecule has 0 saturated heterocycles. The molecule has 0 spiro atoms. The average Bonchev–Trinajstić information content (AvgIpc) is 2.41. The van der Waals surface area contributed by atoms with Gasteiger partial charge in [0.05, 0.1) is 11.8 Å². The molecule has 3 N–H and O–H groups in total. The molecule has 1 unspecified atom stereocenters. The topological polar surface area (TPSA) is 89.3 Å². The third-order valence-corrected chi connectivity index (χ3v) is 4.75. The fourth-order valence-electron chi connectivity index (χ4n) is 2.02. The van der Waals surface area contributed by atoms with E-state index in [-0.39, 0.29) is 35.9 Å². The lowest BCUT2D eigenvalue weighted by atomic mass is 9.84. The highest BCUT2D eigenvalue weighted by Gasteiger charge is 2.25. The number of hydrogen-bond acceptors (Lipinski definition) is 4. The SMILES string of the molecule is CC(C)(CNC(=O)C(N)CCS(C)(=O)=O)c1ccccc1Cl.Cl. The standard InChI is InChI=1S/C15H23ClN2O3S.ClH/c1-15(2,11-6-4-5-7-12(11)16)10-18-14(19)13(17)8-9-22(3,20)21;/h4-7,13H,8-10,17H2,1-3H3,(H,18,19);1H. The molecule has 0 aromatic heterocycles. The van der Waals surface area contributed by atoms with Crippen LogP contribution < -0.4 is 11.1 Å². The van der Waals surface area contributed by atoms with Gasteiger partial charge in [-0.05, 0) is 18.1 Å². The van der Waals surface area contributed by atoms with Crippen molar-refractivity contribution in [2.24, 2.45) is 5.73 Å². The van der Waals surface area contributed by atoms with Crippen molar-refractivity contribution in [3.8, 4) is 0 Å². The fourth-order valence-corrected chi connectivity index (χ4v) is 3.09. The maximum absolute atomic E-state index is 12.0. The molecular weight excluding hydrogens is 359 g/mol. The summed E-state index contributed by atoms with van der Waals surface area (Å²) in [6.07, 6.45) is 1.23. The lowest BCUT2D eigenvalue weighted by Crippen LogP contribution is -2.45. The van der Waals surface area contributed by atoms with Gasteiger partial charge in [0, 0.05) is 23.2 Å². The maximum Gasteiger partial charge on any atom is 0.236 e. The van der Waals surface area contributed by atoms with Crippen molar-refractivity contribution in [1.29, 1.82) is 0 Å². The van der Waals surface area contributed by atoms with Crippen LogP contribution in [-0.2, 0) is 20.0 Å². The van der Waals surface area contributed by atoms with E-state index in [0.29, 0.717) is 11.6 Å². The lowest BCUT2D eigenvalue weighted by molar-refractivity contribution is -0.122. The number of amides is 1. The molecule has 1 aromatic rings. The highest BCUT2D eigenvalue weighted by atomic mass is 35.5. The van der Waals surface area contributed by atoms with Crippen molar-refractivity contribution in [1.82, 2.24) is 5.32 Å². The Labute approximate surface area is 149 Å². The van der Waals surface area contributed by atoms with Crippen molar-refractivity contribution >= 4 is 39.8 Å². The number of hydrogen-bond donors (Lipinski definition) is 2. The summed E-state index contributed by atoms with van der Waals surface area (Å²) in [4.78, 5) is 12.0. The van der Waals surface area contributed by atoms with E-state index in [2.05, 4.69) is 5.32 Å². The largest absolute Gasteiger partial charge is 0.354 e. The van der Waals surface area contributed by atoms with E-state index >= 15 is 0 Å². The van der Waals surface area contributed by atoms with Gasteiger partial charge in [-0.25, -0.2) is 8.42 Å². The number of carbonyl (C=O) groups excluding carboxylic acids is 1. The predicted octanol–water partition coefficient (Wildman–Crippen LogP) is 1.92. The number of carbonyl (C=O) groups is 1. The molecule has 23 heavy (non-hydrogen) atoms. The third-order valence-electron chi connectivity index (χ3n) is 3.44. The quantitative estimate of drug-likeness (QED) is 0.753. The van der Waals surface area contributed by atoms with Crippen molar-refractivity contribution in [2.45, 2.75) is 31.7 Å². The van der Waals surface area contributed by atoms with Crippen LogP contribution in [-0.4, -0.2) is 38.9 Å². The smallest absolute Gasteiger partial charge is 0.236 e. The molecule has 0 aliphatic rings. The molecule has 1 atom stereocenters. The molecule has 0 saturated carbocycles. The Kier molecular flexibility index (Phi) is 8.56. The van der Waals surface area contributed by atoms with Crippen LogP contribution in [0.4, 0.5) is 0 Å². The predicted molar refractivity (Wildman–Crippen MR) is 97.0 cm³/mol. The van der Waals surface area contributed by atoms with Gasteiger partial charge in [0.2, 0.25) is 5.91 Å². The van der Waals surface area contributed by atoms with Crippen LogP contribution in [0.5, 0.6) is 0 Å². The van der Waals surface area contributed by atoms with Gasteiger partial charge in [-0.15, -0.1) is 12.4 Å². The van der Waals surface area contributed by atoms with Gasteiger partial charge in [-0.3, -0.25) is 4.79 Å². The van der Waals surface area contributed by atoms with E-state index in [1.54, 1.807) is 6.07 Å². The van der Waals surface area contributed by atoms with E-state index in [0.717, 1.165) is 11.8 Å². The van der Waals surface area contributed by atoms with Gasteiger partial charge in [0.25, 0.3) is 0 Å². The molecule has 1 amide bonds. The first-order valence-electron chi connectivity index (χ1n) is 6.99. The van der Waals surface area contributed by atoms with Crippen LogP contribution >= 0.6 is 24.0 Å². The Morgan fingerprint density at radius 3 is 2.43 bits per heavy atom. The second-order valence-corrected chi connectivity index (χ2v) is 8.77. The molecule has 8 heteroatoms. The fraction of sp³-hybridized carbons (Fsp3) is 0.533. The van der Waals surface area contributed by atoms with Crippen LogP contribution in [0, 0.1) is 0 Å². The molecule has 0 aliphatic carbocycles. The molecule has 5 nitrogen and oxygen atoms in total. The van der Waals surface area contributed by atoms with Gasteiger partial charge in [0.15, 0.2) is 0 Å². The number of halogens is 2. The van der Waals surface area contributed by atoms with E-state index < -0.39 is 15.9 Å². The van der Waals surface area contributed by atoms with E-state index in [4.69, 9.17) is 17.3 Å². The van der Waals surface area contributed by atoms with E-state index in [9.17, 15) is 13.2 Å². The third kappa shape index (κ3) is 7.52. The second-order valence-electron chi connectivity index (χ2n) is 6.11. The first-order chi connectivity index (χ1) is 10.0. The molecular formula is C15H24Cl2N2O3S. The minimum atomic E-state index is -3.12. The summed E-state index contributed by atoms with van der Waals surface area (Å²) >= 11 is 6.18. The van der Waals surface area contributed by atoms with Crippen LogP contribution in [0.1, 0.15) is 25.8 Å². The summed E-state index contributed by atoms with van der Waals surface area (Å²) in [6.45, 7) is 4.30. The van der Waals surface area contributed by atoms with E-state index in [1.165, 1.54) is 0 Å². The van der Waals surface area contributed by atoms with Crippen LogP contribution in [0.25, 0.3) is 0 Å². The Bertz CT molecular complexity index is 633. The van der Waals surface area contributed by atoms with E-state index in [1.807, 2.05) is 32.0 Å². The second kappa shape index (κ2) is 8.87. The molecule has 0 aliphatic heterocycles. The Balaban J connectivity index is 0.00000484. The lowest BCUT2D eigenvalue weighted by Gasteiger charge is -2.27. The number of sulfone groups is 1. The Hall–Kier alpha value is -0.820. The molecule has 132 valence electrons. The van der Waals surface area contributed by atoms with Crippen LogP contribution in [0.15, 0.2) is 24.3 Å². The van der Waals surface area contributed by atoms with Crippen LogP contribution in [0.3, 0.4) is 0 Å². The normalized spacial score (nSPS) is 13.1. The molecule has 0 radical (unpaired) electrons. The zero-order valence-electron chi connectivity index (χ0n) is 13.5. The minimum absolute atomic E-state index is 0. The summed E-state index contributed by atoms with van der Waals surface area (Å²) in [6, 6.07) is 6.62. The monoisotopic (exact) mass is 382 g/mol. The summed E-state index contributed by atoms with van der Waals surface area (Å²) in [7, 11) is -3.12. The summed E-state index contributed by atoms with van der Waals surface area (Å²) in [5, 5.41) is 3.41. The van der Waals surface area contributed by atoms with Crippen molar-refractivity contribution in [3.05, 3.63) is 34.9 Å². The summed E-state index contributed by atoms with van der Waals surface area (Å²) < 4.78 is 22.2. The highest BCUT2D eigenvalue weighted by molar-refractivity contribution is 7.90. The zero-order valence-corrected chi connectivity index (χ0v) is 15.9. The Morgan fingerprint density at radius 1 is 1.35 bits per heavy atom. The molecule has 0 fully saturated rings. The van der Waals surface area contributed by atoms with Crippen LogP contribution in [0.2, 0.25) is 5.02 Å². The molecule has 0 bridgehead atoms. The first kappa shape index (κ1) is 22.2. The maximum atomic E-state index is 12.0. The van der Waals surface area contributed by atoms with Gasteiger partial charge in [-0.2, -0.15) is 0 Å². The van der Waals surface area contributed by atoms with Gasteiger partial charge >= 0.3 is 0 Å². The Morgan fingerprint density at radius 2 is 1.91 bits per heavy atom. The first-order valence-corrected chi connectivity index (χ1v) is 9.43. The molecule has 1 rings (SSSR count). The van der Waals surface area contributed by atoms with Crippen molar-refractivity contribution in [2.75, 3.05) is 18.6 Å². The minimum Gasteiger partial charge on any atom is -0.354 e. The highest BCUT2D eigenvalue weighted by Crippen LogP contribution is 2.28. The zero-order chi connectivity index (χ0) is 17.0. The van der Waals surface area contributed by atoms with Gasteiger partial charge in [-0.1, -0.05) is 43.6 Å². The summed E-state index contributed by atoms with van der Waals surface area (Å²) in [5.41, 5.74) is 6.30. The number of benzene rings is 1. The van der Waals surface area contributed by atoms with Crippen molar-refractivity contribution < 1.29 is 13.2 Å². The summed E-state index contributed by atoms with van der Waals surface area (Å²) in [5.74, 6) is -0.459. The van der Waals surface area contributed by atoms with Gasteiger partial charge < -0.3 is 11.1 Å². The number of nitrogens with two attached hydrogens (primary N) is 1. The van der Waals surface area contributed by atoms with Crippen molar-refractivity contribution in [3.63, 3.8) is 0 Å². The molecule has 0 heterocycles. The van der Waals surface area contributed by atoms with Gasteiger partial charge in [0.1, 0.15) is 9.84 Å².